The predicted octanol–water partition coefficient (Wildman–Crippen LogP) is 5.24. The maximum Gasteiger partial charge on any atom is 0.193 e. The van der Waals surface area contributed by atoms with Gasteiger partial charge in [0.15, 0.2) is 5.96 Å². The second kappa shape index (κ2) is 12.6. The lowest BCUT2D eigenvalue weighted by Gasteiger charge is -2.34. The van der Waals surface area contributed by atoms with Crippen molar-refractivity contribution in [3.8, 4) is 0 Å². The van der Waals surface area contributed by atoms with Gasteiger partial charge in [0.05, 0.1) is 16.8 Å². The molecule has 0 radical (unpaired) electrons. The Morgan fingerprint density at radius 1 is 1.23 bits per heavy atom. The molecule has 2 heterocycles. The highest BCUT2D eigenvalue weighted by molar-refractivity contribution is 14.0. The Balaban J connectivity index is 0.00000320. The van der Waals surface area contributed by atoms with Gasteiger partial charge in [0.1, 0.15) is 0 Å². The van der Waals surface area contributed by atoms with Crippen molar-refractivity contribution in [2.45, 2.75) is 84.2 Å². The molecule has 5 nitrogen and oxygen atoms in total. The van der Waals surface area contributed by atoms with Crippen molar-refractivity contribution in [3.05, 3.63) is 16.1 Å². The molecule has 1 aromatic rings. The van der Waals surface area contributed by atoms with Crippen LogP contribution >= 0.6 is 35.3 Å². The van der Waals surface area contributed by atoms with Crippen LogP contribution in [0.3, 0.4) is 0 Å². The normalized spacial score (nSPS) is 19.2. The highest BCUT2D eigenvalue weighted by Gasteiger charge is 2.24. The van der Waals surface area contributed by atoms with Crippen molar-refractivity contribution in [2.75, 3.05) is 32.8 Å². The third kappa shape index (κ3) is 7.93. The van der Waals surface area contributed by atoms with E-state index in [0.29, 0.717) is 6.10 Å². The number of hydrogen-bond acceptors (Lipinski definition) is 4. The summed E-state index contributed by atoms with van der Waals surface area (Å²) < 4.78 is 6.23. The zero-order valence-electron chi connectivity index (χ0n) is 19.3. The number of likely N-dealkylation sites (tertiary alicyclic amines) is 1. The van der Waals surface area contributed by atoms with Gasteiger partial charge in [-0.05, 0) is 38.5 Å². The van der Waals surface area contributed by atoms with E-state index in [1.54, 1.807) is 11.3 Å². The Hall–Kier alpha value is -0.410. The van der Waals surface area contributed by atoms with Crippen LogP contribution in [0.25, 0.3) is 0 Å². The number of halogens is 1. The van der Waals surface area contributed by atoms with Crippen molar-refractivity contribution in [1.82, 2.24) is 15.2 Å². The number of piperidine rings is 1. The fourth-order valence-corrected chi connectivity index (χ4v) is 5.15. The smallest absolute Gasteiger partial charge is 0.193 e. The van der Waals surface area contributed by atoms with Crippen LogP contribution in [0.1, 0.15) is 76.9 Å². The maximum absolute atomic E-state index is 6.23. The van der Waals surface area contributed by atoms with E-state index in [9.17, 15) is 0 Å². The van der Waals surface area contributed by atoms with E-state index in [0.717, 1.165) is 63.9 Å². The summed E-state index contributed by atoms with van der Waals surface area (Å²) >= 11 is 1.76. The lowest BCUT2D eigenvalue weighted by Crippen LogP contribution is -2.47. The molecular formula is C23H41IN4OS. The Labute approximate surface area is 204 Å². The van der Waals surface area contributed by atoms with Crippen LogP contribution in [0.5, 0.6) is 0 Å². The van der Waals surface area contributed by atoms with E-state index in [2.05, 4.69) is 43.3 Å². The minimum absolute atomic E-state index is 0. The second-order valence-electron chi connectivity index (χ2n) is 9.53. The number of aliphatic imine (C=N–C) groups is 1. The Kier molecular flexibility index (Phi) is 10.8. The molecule has 1 saturated carbocycles. The van der Waals surface area contributed by atoms with Gasteiger partial charge in [-0.1, -0.05) is 33.6 Å². The molecule has 172 valence electrons. The van der Waals surface area contributed by atoms with Crippen molar-refractivity contribution in [1.29, 1.82) is 0 Å². The number of thiazole rings is 1. The van der Waals surface area contributed by atoms with Gasteiger partial charge in [0.2, 0.25) is 0 Å². The van der Waals surface area contributed by atoms with Gasteiger partial charge in [-0.3, -0.25) is 4.99 Å². The number of nitrogens with zero attached hydrogens (tertiary/aromatic N) is 3. The molecule has 3 rings (SSSR count). The van der Waals surface area contributed by atoms with Crippen LogP contribution in [0, 0.1) is 5.92 Å². The average Bonchev–Trinajstić information content (AvgIpc) is 3.38. The van der Waals surface area contributed by atoms with Gasteiger partial charge in [-0.2, -0.15) is 0 Å². The fraction of sp³-hybridized carbons (Fsp3) is 0.826. The van der Waals surface area contributed by atoms with Crippen LogP contribution in [-0.2, 0) is 16.6 Å². The molecule has 7 heteroatoms. The zero-order valence-corrected chi connectivity index (χ0v) is 22.4. The van der Waals surface area contributed by atoms with Gasteiger partial charge in [-0.15, -0.1) is 35.3 Å². The van der Waals surface area contributed by atoms with E-state index >= 15 is 0 Å². The minimum atomic E-state index is 0. The van der Waals surface area contributed by atoms with E-state index < -0.39 is 0 Å². The lowest BCUT2D eigenvalue weighted by molar-refractivity contribution is 0.00102. The summed E-state index contributed by atoms with van der Waals surface area (Å²) in [5.41, 5.74) is 1.31. The largest absolute Gasteiger partial charge is 0.378 e. The van der Waals surface area contributed by atoms with Crippen LogP contribution in [0.15, 0.2) is 10.4 Å². The van der Waals surface area contributed by atoms with Gasteiger partial charge in [0.25, 0.3) is 0 Å². The molecule has 30 heavy (non-hydrogen) atoms. The Bertz CT molecular complexity index is 644. The molecule has 0 amide bonds. The third-order valence-corrected chi connectivity index (χ3v) is 6.93. The number of rotatable bonds is 7. The first kappa shape index (κ1) is 25.8. The van der Waals surface area contributed by atoms with Crippen LogP contribution in [-0.4, -0.2) is 54.7 Å². The van der Waals surface area contributed by atoms with E-state index in [1.165, 1.54) is 36.4 Å². The standard InChI is InChI=1S/C23H40N4OS.HI/c1-5-24-22(25-13-10-21-26-20(17-29-21)23(2,3)4)27-14-11-19(12-15-27)28-16-18-8-6-7-9-18;/h17-19H,5-16H2,1-4H3,(H,24,25);1H. The maximum atomic E-state index is 6.23. The van der Waals surface area contributed by atoms with Gasteiger partial charge < -0.3 is 15.0 Å². The molecular weight excluding hydrogens is 507 g/mol. The van der Waals surface area contributed by atoms with Gasteiger partial charge in [-0.25, -0.2) is 4.98 Å². The Morgan fingerprint density at radius 3 is 2.53 bits per heavy atom. The highest BCUT2D eigenvalue weighted by atomic mass is 127. The van der Waals surface area contributed by atoms with Gasteiger partial charge >= 0.3 is 0 Å². The van der Waals surface area contributed by atoms with Crippen LogP contribution < -0.4 is 5.32 Å². The fourth-order valence-electron chi connectivity index (χ4n) is 4.14. The number of nitrogens with one attached hydrogen (secondary N) is 1. The second-order valence-corrected chi connectivity index (χ2v) is 10.5. The van der Waals surface area contributed by atoms with E-state index in [-0.39, 0.29) is 29.4 Å². The van der Waals surface area contributed by atoms with Crippen LogP contribution in [0.4, 0.5) is 0 Å². The summed E-state index contributed by atoms with van der Waals surface area (Å²) in [6, 6.07) is 0. The summed E-state index contributed by atoms with van der Waals surface area (Å²) in [5.74, 6) is 1.87. The predicted molar refractivity (Wildman–Crippen MR) is 138 cm³/mol. The molecule has 0 spiro atoms. The molecule has 1 aromatic heterocycles. The molecule has 2 aliphatic rings. The van der Waals surface area contributed by atoms with E-state index in [1.807, 2.05) is 0 Å². The molecule has 1 saturated heterocycles. The third-order valence-electron chi connectivity index (χ3n) is 6.03. The van der Waals surface area contributed by atoms with Crippen molar-refractivity contribution in [2.24, 2.45) is 10.9 Å². The minimum Gasteiger partial charge on any atom is -0.378 e. The first-order chi connectivity index (χ1) is 14.0. The molecule has 1 N–H and O–H groups in total. The zero-order chi connectivity index (χ0) is 20.7. The molecule has 0 aromatic carbocycles. The average molecular weight is 549 g/mol. The molecule has 2 fully saturated rings. The monoisotopic (exact) mass is 548 g/mol. The molecule has 0 atom stereocenters. The summed E-state index contributed by atoms with van der Waals surface area (Å²) in [6.07, 6.45) is 9.09. The first-order valence-corrected chi connectivity index (χ1v) is 12.4. The van der Waals surface area contributed by atoms with Gasteiger partial charge in [0, 0.05) is 50.0 Å². The highest BCUT2D eigenvalue weighted by Crippen LogP contribution is 2.26. The quantitative estimate of drug-likeness (QED) is 0.288. The van der Waals surface area contributed by atoms with Crippen molar-refractivity contribution < 1.29 is 4.74 Å². The molecule has 1 aliphatic heterocycles. The summed E-state index contributed by atoms with van der Waals surface area (Å²) in [5, 5.41) is 6.86. The Morgan fingerprint density at radius 2 is 1.93 bits per heavy atom. The summed E-state index contributed by atoms with van der Waals surface area (Å²) in [6.45, 7) is 13.5. The summed E-state index contributed by atoms with van der Waals surface area (Å²) in [4.78, 5) is 12.1. The van der Waals surface area contributed by atoms with E-state index in [4.69, 9.17) is 14.7 Å². The molecule has 1 aliphatic carbocycles. The molecule has 0 bridgehead atoms. The topological polar surface area (TPSA) is 49.8 Å². The number of ether oxygens (including phenoxy) is 1. The van der Waals surface area contributed by atoms with Crippen molar-refractivity contribution in [3.63, 3.8) is 0 Å². The lowest BCUT2D eigenvalue weighted by atomic mass is 9.93. The summed E-state index contributed by atoms with van der Waals surface area (Å²) in [7, 11) is 0. The SMILES string of the molecule is CCNC(=NCCc1nc(C(C)(C)C)cs1)N1CCC(OCC2CCCC2)CC1.I. The number of guanidine groups is 1. The molecule has 0 unspecified atom stereocenters. The number of aromatic nitrogens is 1. The number of hydrogen-bond donors (Lipinski definition) is 1. The van der Waals surface area contributed by atoms with Crippen molar-refractivity contribution >= 4 is 41.3 Å². The first-order valence-electron chi connectivity index (χ1n) is 11.6. The van der Waals surface area contributed by atoms with Crippen LogP contribution in [0.2, 0.25) is 0 Å².